The molecular formula is C34H24O2. The maximum Gasteiger partial charge on any atom is 0.189 e. The van der Waals surface area contributed by atoms with Crippen LogP contribution in [0.3, 0.4) is 0 Å². The van der Waals surface area contributed by atoms with Crippen molar-refractivity contribution in [3.63, 3.8) is 0 Å². The highest BCUT2D eigenvalue weighted by Crippen LogP contribution is 2.36. The van der Waals surface area contributed by atoms with E-state index in [0.29, 0.717) is 22.3 Å². The minimum Gasteiger partial charge on any atom is -0.289 e. The molecule has 36 heavy (non-hydrogen) atoms. The summed E-state index contributed by atoms with van der Waals surface area (Å²) in [5.74, 6) is 0.0584. The van der Waals surface area contributed by atoms with E-state index >= 15 is 0 Å². The number of fused-ring (bicyclic) bond motifs is 2. The molecule has 2 heteroatoms. The molecule has 0 aromatic heterocycles. The maximum absolute atomic E-state index is 13.3. The molecule has 172 valence electrons. The Balaban J connectivity index is 1.57. The van der Waals surface area contributed by atoms with Crippen LogP contribution < -0.4 is 0 Å². The molecule has 4 aromatic carbocycles. The Bertz CT molecular complexity index is 1630. The lowest BCUT2D eigenvalue weighted by atomic mass is 9.83. The fraction of sp³-hybridized carbons (Fsp3) is 0.0588. The summed E-state index contributed by atoms with van der Waals surface area (Å²) in [5.41, 5.74) is 6.44. The molecule has 0 heterocycles. The molecule has 0 N–H and O–H groups in total. The van der Waals surface area contributed by atoms with Gasteiger partial charge in [-0.15, -0.1) is 0 Å². The molecule has 2 aliphatic carbocycles. The third-order valence-electron chi connectivity index (χ3n) is 7.04. The highest BCUT2D eigenvalue weighted by Gasteiger charge is 2.24. The van der Waals surface area contributed by atoms with Crippen molar-refractivity contribution in [1.82, 2.24) is 0 Å². The fourth-order valence-electron chi connectivity index (χ4n) is 5.20. The third-order valence-corrected chi connectivity index (χ3v) is 7.04. The predicted octanol–water partition coefficient (Wildman–Crippen LogP) is 7.81. The first-order valence-electron chi connectivity index (χ1n) is 12.1. The molecule has 4 aromatic rings. The average molecular weight is 465 g/mol. The quantitative estimate of drug-likeness (QED) is 0.303. The van der Waals surface area contributed by atoms with Gasteiger partial charge in [0.25, 0.3) is 0 Å². The van der Waals surface area contributed by atoms with Crippen LogP contribution in [-0.4, -0.2) is 11.6 Å². The van der Waals surface area contributed by atoms with Crippen LogP contribution in [0, 0.1) is 0 Å². The second-order valence-electron chi connectivity index (χ2n) is 9.39. The van der Waals surface area contributed by atoms with Crippen LogP contribution in [0.5, 0.6) is 0 Å². The number of allylic oxidation sites excluding steroid dienone is 10. The largest absolute Gasteiger partial charge is 0.289 e. The first-order valence-corrected chi connectivity index (χ1v) is 12.1. The SMILES string of the molecule is CC1=C/C(=C2/C=C(C)C(=O)C(c3cccc4ccccc34)=C2)C=C(c2cccc3ccccc23)C1=O. The van der Waals surface area contributed by atoms with Gasteiger partial charge in [0.1, 0.15) is 0 Å². The second kappa shape index (κ2) is 8.58. The summed E-state index contributed by atoms with van der Waals surface area (Å²) < 4.78 is 0. The van der Waals surface area contributed by atoms with Gasteiger partial charge >= 0.3 is 0 Å². The van der Waals surface area contributed by atoms with Crippen molar-refractivity contribution in [1.29, 1.82) is 0 Å². The van der Waals surface area contributed by atoms with E-state index in [2.05, 4.69) is 36.4 Å². The lowest BCUT2D eigenvalue weighted by Gasteiger charge is -2.20. The molecule has 2 aliphatic rings. The van der Waals surface area contributed by atoms with Crippen LogP contribution in [0.4, 0.5) is 0 Å². The van der Waals surface area contributed by atoms with E-state index < -0.39 is 0 Å². The van der Waals surface area contributed by atoms with Crippen molar-refractivity contribution in [2.45, 2.75) is 13.8 Å². The molecule has 0 saturated heterocycles. The first kappa shape index (κ1) is 21.9. The van der Waals surface area contributed by atoms with Crippen molar-refractivity contribution in [2.75, 3.05) is 0 Å². The number of rotatable bonds is 2. The van der Waals surface area contributed by atoms with Crippen molar-refractivity contribution in [3.05, 3.63) is 143 Å². The minimum atomic E-state index is 0.0292. The Kier molecular flexibility index (Phi) is 5.23. The average Bonchev–Trinajstić information content (AvgIpc) is 2.91. The molecule has 0 atom stereocenters. The van der Waals surface area contributed by atoms with Crippen LogP contribution in [-0.2, 0) is 9.59 Å². The molecule has 0 aliphatic heterocycles. The summed E-state index contributed by atoms with van der Waals surface area (Å²) in [6, 6.07) is 28.4. The maximum atomic E-state index is 13.3. The molecule has 0 fully saturated rings. The number of hydrogen-bond donors (Lipinski definition) is 0. The Morgan fingerprint density at radius 2 is 0.833 bits per heavy atom. The highest BCUT2D eigenvalue weighted by molar-refractivity contribution is 6.33. The van der Waals surface area contributed by atoms with Gasteiger partial charge in [0.05, 0.1) is 0 Å². The zero-order valence-corrected chi connectivity index (χ0v) is 20.2. The number of ketones is 2. The van der Waals surface area contributed by atoms with E-state index in [1.807, 2.05) is 86.7 Å². The van der Waals surface area contributed by atoms with E-state index in [1.165, 1.54) is 0 Å². The van der Waals surface area contributed by atoms with Crippen molar-refractivity contribution >= 4 is 44.3 Å². The van der Waals surface area contributed by atoms with Gasteiger partial charge in [-0.1, -0.05) is 84.9 Å². The summed E-state index contributed by atoms with van der Waals surface area (Å²) in [6.07, 6.45) is 7.82. The van der Waals surface area contributed by atoms with Crippen molar-refractivity contribution < 1.29 is 9.59 Å². The van der Waals surface area contributed by atoms with E-state index in [9.17, 15) is 9.59 Å². The predicted molar refractivity (Wildman–Crippen MR) is 148 cm³/mol. The van der Waals surface area contributed by atoms with Crippen LogP contribution >= 0.6 is 0 Å². The molecular weight excluding hydrogens is 440 g/mol. The molecule has 2 nitrogen and oxygen atoms in total. The van der Waals surface area contributed by atoms with E-state index in [-0.39, 0.29) is 11.6 Å². The summed E-state index contributed by atoms with van der Waals surface area (Å²) in [5, 5.41) is 4.30. The van der Waals surface area contributed by atoms with E-state index in [1.54, 1.807) is 0 Å². The molecule has 0 bridgehead atoms. The fourth-order valence-corrected chi connectivity index (χ4v) is 5.20. The lowest BCUT2D eigenvalue weighted by Crippen LogP contribution is -2.12. The van der Waals surface area contributed by atoms with Crippen molar-refractivity contribution in [3.8, 4) is 0 Å². The van der Waals surface area contributed by atoms with Gasteiger partial charge in [-0.3, -0.25) is 9.59 Å². The Hall–Kier alpha value is -4.56. The zero-order valence-electron chi connectivity index (χ0n) is 20.2. The molecule has 0 amide bonds. The Morgan fingerprint density at radius 1 is 0.444 bits per heavy atom. The molecule has 6 rings (SSSR count). The lowest BCUT2D eigenvalue weighted by molar-refractivity contribution is -0.111. The minimum absolute atomic E-state index is 0.0292. The van der Waals surface area contributed by atoms with Crippen LogP contribution in [0.15, 0.2) is 132 Å². The number of hydrogen-bond acceptors (Lipinski definition) is 2. The zero-order chi connectivity index (χ0) is 24.8. The smallest absolute Gasteiger partial charge is 0.189 e. The number of carbonyl (C=O) groups excluding carboxylic acids is 2. The molecule has 0 saturated carbocycles. The van der Waals surface area contributed by atoms with Crippen LogP contribution in [0.2, 0.25) is 0 Å². The standard InChI is InChI=1S/C34H24O2/c1-21-17-25(19-31(33(21)35)29-15-7-11-23-9-3-5-13-27(23)29)26-18-22(2)34(36)32(20-26)30-16-8-12-24-10-4-6-14-28(24)30/h3-20H,1-2H3/b26-25+. The normalized spacial score (nSPS) is 18.2. The van der Waals surface area contributed by atoms with Gasteiger partial charge in [-0.25, -0.2) is 0 Å². The topological polar surface area (TPSA) is 34.1 Å². The highest BCUT2D eigenvalue weighted by atomic mass is 16.1. The van der Waals surface area contributed by atoms with Gasteiger partial charge in [0.15, 0.2) is 11.6 Å². The van der Waals surface area contributed by atoms with Gasteiger partial charge in [0, 0.05) is 11.1 Å². The monoisotopic (exact) mass is 464 g/mol. The van der Waals surface area contributed by atoms with Gasteiger partial charge < -0.3 is 0 Å². The molecule has 0 spiro atoms. The Labute approximate surface area is 210 Å². The van der Waals surface area contributed by atoms with Crippen LogP contribution in [0.1, 0.15) is 25.0 Å². The third kappa shape index (κ3) is 3.59. The van der Waals surface area contributed by atoms with Gasteiger partial charge in [-0.05, 0) is 93.1 Å². The Morgan fingerprint density at radius 3 is 1.28 bits per heavy atom. The molecule has 0 unspecified atom stereocenters. The summed E-state index contributed by atoms with van der Waals surface area (Å²) >= 11 is 0. The number of carbonyl (C=O) groups is 2. The van der Waals surface area contributed by atoms with Crippen LogP contribution in [0.25, 0.3) is 32.7 Å². The summed E-state index contributed by atoms with van der Waals surface area (Å²) in [4.78, 5) is 26.6. The first-order chi connectivity index (χ1) is 17.5. The van der Waals surface area contributed by atoms with Gasteiger partial charge in [-0.2, -0.15) is 0 Å². The second-order valence-corrected chi connectivity index (χ2v) is 9.39. The number of benzene rings is 4. The van der Waals surface area contributed by atoms with Gasteiger partial charge in [0.2, 0.25) is 0 Å². The number of Topliss-reactive ketones (excluding diaryl/α,β-unsaturated/α-hetero) is 2. The van der Waals surface area contributed by atoms with E-state index in [0.717, 1.165) is 43.8 Å². The summed E-state index contributed by atoms with van der Waals surface area (Å²) in [7, 11) is 0. The van der Waals surface area contributed by atoms with E-state index in [4.69, 9.17) is 0 Å². The summed E-state index contributed by atoms with van der Waals surface area (Å²) in [6.45, 7) is 3.72. The van der Waals surface area contributed by atoms with Crippen molar-refractivity contribution in [2.24, 2.45) is 0 Å². The molecule has 0 radical (unpaired) electrons.